The number of hydrogen-bond donors (Lipinski definition) is 0. The molecule has 0 saturated carbocycles. The number of carbonyl (C=O) groups is 1. The van der Waals surface area contributed by atoms with Crippen LogP contribution in [0.1, 0.15) is 23.7 Å². The number of rotatable bonds is 3. The van der Waals surface area contributed by atoms with E-state index in [1.165, 1.54) is 0 Å². The summed E-state index contributed by atoms with van der Waals surface area (Å²) in [5.74, 6) is 1.97. The van der Waals surface area contributed by atoms with Crippen molar-refractivity contribution in [3.8, 4) is 0 Å². The van der Waals surface area contributed by atoms with E-state index in [1.54, 1.807) is 12.1 Å². The van der Waals surface area contributed by atoms with Crippen molar-refractivity contribution in [2.45, 2.75) is 19.4 Å². The number of carbonyl (C=O) groups excluding carboxylic acids is 1. The Morgan fingerprint density at radius 3 is 2.81 bits per heavy atom. The minimum atomic E-state index is 0.0328. The molecule has 4 rings (SSSR count). The van der Waals surface area contributed by atoms with E-state index in [9.17, 15) is 4.79 Å². The molecule has 0 radical (unpaired) electrons. The van der Waals surface area contributed by atoms with Crippen LogP contribution in [0.25, 0.3) is 0 Å². The molecule has 3 aliphatic rings. The zero-order chi connectivity index (χ0) is 18.1. The van der Waals surface area contributed by atoms with E-state index < -0.39 is 0 Å². The molecule has 1 aromatic rings. The summed E-state index contributed by atoms with van der Waals surface area (Å²) in [5, 5.41) is 0.587. The molecule has 7 heteroatoms. The fourth-order valence-corrected chi connectivity index (χ4v) is 3.66. The Labute approximate surface area is 158 Å². The quantitative estimate of drug-likeness (QED) is 0.820. The SMILES string of the molecule is CCC1CN2C=NC(N3CCN(C(=O)c4cccc(Cl)c4)CC3)=CC2=N1. The maximum atomic E-state index is 12.6. The van der Waals surface area contributed by atoms with Gasteiger partial charge in [0.25, 0.3) is 5.91 Å². The van der Waals surface area contributed by atoms with E-state index in [0.717, 1.165) is 37.7 Å². The molecule has 3 aliphatic heterocycles. The van der Waals surface area contributed by atoms with Gasteiger partial charge in [0.05, 0.1) is 12.4 Å². The fraction of sp³-hybridized carbons (Fsp3) is 0.421. The second kappa shape index (κ2) is 7.11. The van der Waals surface area contributed by atoms with Gasteiger partial charge in [0.2, 0.25) is 0 Å². The summed E-state index contributed by atoms with van der Waals surface area (Å²) < 4.78 is 0. The molecule has 136 valence electrons. The number of piperazine rings is 1. The predicted octanol–water partition coefficient (Wildman–Crippen LogP) is 2.47. The molecular formula is C19H22ClN5O. The average Bonchev–Trinajstić information content (AvgIpc) is 3.10. The van der Waals surface area contributed by atoms with Crippen molar-refractivity contribution in [3.05, 3.63) is 46.7 Å². The number of fused-ring (bicyclic) bond motifs is 1. The lowest BCUT2D eigenvalue weighted by Crippen LogP contribution is -2.48. The third-order valence-electron chi connectivity index (χ3n) is 5.04. The van der Waals surface area contributed by atoms with Gasteiger partial charge in [-0.25, -0.2) is 4.99 Å². The second-order valence-electron chi connectivity index (χ2n) is 6.74. The molecule has 1 amide bonds. The first-order chi connectivity index (χ1) is 12.6. The van der Waals surface area contributed by atoms with Crippen LogP contribution in [0.4, 0.5) is 0 Å². The summed E-state index contributed by atoms with van der Waals surface area (Å²) in [7, 11) is 0. The number of benzene rings is 1. The molecule has 0 aromatic heterocycles. The molecule has 1 unspecified atom stereocenters. The standard InChI is InChI=1S/C19H22ClN5O/c1-2-16-12-25-13-21-17(11-18(25)22-16)23-6-8-24(9-7-23)19(26)14-4-3-5-15(20)10-14/h3-5,10-11,13,16H,2,6-9,12H2,1H3. The highest BCUT2D eigenvalue weighted by atomic mass is 35.5. The maximum Gasteiger partial charge on any atom is 0.254 e. The molecular weight excluding hydrogens is 350 g/mol. The van der Waals surface area contributed by atoms with Gasteiger partial charge in [0.1, 0.15) is 11.7 Å². The van der Waals surface area contributed by atoms with Gasteiger partial charge in [0, 0.05) is 49.4 Å². The predicted molar refractivity (Wildman–Crippen MR) is 104 cm³/mol. The zero-order valence-corrected chi connectivity index (χ0v) is 15.6. The van der Waals surface area contributed by atoms with Crippen molar-refractivity contribution in [2.24, 2.45) is 9.98 Å². The summed E-state index contributed by atoms with van der Waals surface area (Å²) in [6.07, 6.45) is 4.98. The summed E-state index contributed by atoms with van der Waals surface area (Å²) in [6.45, 7) is 5.95. The number of nitrogens with zero attached hydrogens (tertiary/aromatic N) is 5. The van der Waals surface area contributed by atoms with Crippen LogP contribution in [0.3, 0.4) is 0 Å². The largest absolute Gasteiger partial charge is 0.353 e. The van der Waals surface area contributed by atoms with Crippen LogP contribution in [-0.2, 0) is 0 Å². The van der Waals surface area contributed by atoms with Crippen molar-refractivity contribution in [1.29, 1.82) is 0 Å². The van der Waals surface area contributed by atoms with E-state index in [0.29, 0.717) is 29.7 Å². The lowest BCUT2D eigenvalue weighted by Gasteiger charge is -2.37. The molecule has 1 aromatic carbocycles. The van der Waals surface area contributed by atoms with Crippen LogP contribution in [-0.4, -0.2) is 71.5 Å². The highest BCUT2D eigenvalue weighted by Gasteiger charge is 2.28. The Bertz CT molecular complexity index is 795. The van der Waals surface area contributed by atoms with E-state index in [2.05, 4.69) is 27.8 Å². The fourth-order valence-electron chi connectivity index (χ4n) is 3.47. The second-order valence-corrected chi connectivity index (χ2v) is 7.17. The molecule has 6 nitrogen and oxygen atoms in total. The van der Waals surface area contributed by atoms with Gasteiger partial charge in [0.15, 0.2) is 0 Å². The minimum absolute atomic E-state index is 0.0328. The average molecular weight is 372 g/mol. The maximum absolute atomic E-state index is 12.6. The monoisotopic (exact) mass is 371 g/mol. The van der Waals surface area contributed by atoms with Crippen LogP contribution in [0.2, 0.25) is 5.02 Å². The van der Waals surface area contributed by atoms with Gasteiger partial charge < -0.3 is 14.7 Å². The van der Waals surface area contributed by atoms with Crippen LogP contribution < -0.4 is 0 Å². The van der Waals surface area contributed by atoms with Crippen molar-refractivity contribution >= 4 is 29.7 Å². The van der Waals surface area contributed by atoms with Gasteiger partial charge in [-0.2, -0.15) is 0 Å². The van der Waals surface area contributed by atoms with E-state index in [1.807, 2.05) is 23.4 Å². The van der Waals surface area contributed by atoms with Crippen LogP contribution in [0, 0.1) is 0 Å². The first-order valence-electron chi connectivity index (χ1n) is 9.04. The number of aliphatic imine (C=N–C) groups is 2. The molecule has 3 heterocycles. The van der Waals surface area contributed by atoms with Gasteiger partial charge in [-0.05, 0) is 24.6 Å². The topological polar surface area (TPSA) is 51.5 Å². The third kappa shape index (κ3) is 3.33. The molecule has 26 heavy (non-hydrogen) atoms. The molecule has 0 N–H and O–H groups in total. The summed E-state index contributed by atoms with van der Waals surface area (Å²) in [4.78, 5) is 28.2. The van der Waals surface area contributed by atoms with Gasteiger partial charge >= 0.3 is 0 Å². The summed E-state index contributed by atoms with van der Waals surface area (Å²) in [5.41, 5.74) is 0.641. The zero-order valence-electron chi connectivity index (χ0n) is 14.8. The number of halogens is 1. The van der Waals surface area contributed by atoms with Crippen molar-refractivity contribution in [3.63, 3.8) is 0 Å². The van der Waals surface area contributed by atoms with Crippen LogP contribution >= 0.6 is 11.6 Å². The van der Waals surface area contributed by atoms with Gasteiger partial charge in [-0.3, -0.25) is 9.79 Å². The van der Waals surface area contributed by atoms with Gasteiger partial charge in [-0.1, -0.05) is 24.6 Å². The van der Waals surface area contributed by atoms with Gasteiger partial charge in [-0.15, -0.1) is 0 Å². The Hall–Kier alpha value is -2.34. The Morgan fingerprint density at radius 2 is 2.08 bits per heavy atom. The van der Waals surface area contributed by atoms with E-state index >= 15 is 0 Å². The molecule has 1 saturated heterocycles. The first-order valence-corrected chi connectivity index (χ1v) is 9.42. The number of amides is 1. The Balaban J connectivity index is 1.40. The van der Waals surface area contributed by atoms with E-state index in [-0.39, 0.29) is 5.91 Å². The molecule has 0 aliphatic carbocycles. The molecule has 0 bridgehead atoms. The highest BCUT2D eigenvalue weighted by molar-refractivity contribution is 6.30. The Kier molecular flexibility index (Phi) is 4.68. The lowest BCUT2D eigenvalue weighted by molar-refractivity contribution is 0.0668. The highest BCUT2D eigenvalue weighted by Crippen LogP contribution is 2.20. The van der Waals surface area contributed by atoms with E-state index in [4.69, 9.17) is 16.6 Å². The molecule has 0 spiro atoms. The van der Waals surface area contributed by atoms with Crippen LogP contribution in [0.15, 0.2) is 46.1 Å². The van der Waals surface area contributed by atoms with Crippen molar-refractivity contribution < 1.29 is 4.79 Å². The summed E-state index contributed by atoms with van der Waals surface area (Å²) >= 11 is 6.00. The minimum Gasteiger partial charge on any atom is -0.353 e. The molecule has 1 fully saturated rings. The number of hydrogen-bond acceptors (Lipinski definition) is 5. The number of amidine groups is 1. The lowest BCUT2D eigenvalue weighted by atomic mass is 10.2. The Morgan fingerprint density at radius 1 is 1.27 bits per heavy atom. The smallest absolute Gasteiger partial charge is 0.254 e. The third-order valence-corrected chi connectivity index (χ3v) is 5.27. The summed E-state index contributed by atoms with van der Waals surface area (Å²) in [6, 6.07) is 7.49. The van der Waals surface area contributed by atoms with Crippen molar-refractivity contribution in [2.75, 3.05) is 32.7 Å². The first kappa shape index (κ1) is 17.1. The molecule has 1 atom stereocenters. The normalized spacial score (nSPS) is 22.2. The van der Waals surface area contributed by atoms with Crippen LogP contribution in [0.5, 0.6) is 0 Å². The van der Waals surface area contributed by atoms with Crippen molar-refractivity contribution in [1.82, 2.24) is 14.7 Å².